The third kappa shape index (κ3) is 2.90. The van der Waals surface area contributed by atoms with Crippen LogP contribution in [0, 0.1) is 12.8 Å². The van der Waals surface area contributed by atoms with Crippen molar-refractivity contribution in [3.8, 4) is 0 Å². The van der Waals surface area contributed by atoms with Crippen molar-refractivity contribution < 1.29 is 4.79 Å². The molecule has 1 amide bonds. The minimum absolute atomic E-state index is 0.185. The van der Waals surface area contributed by atoms with Gasteiger partial charge in [-0.2, -0.15) is 0 Å². The fourth-order valence-corrected chi connectivity index (χ4v) is 2.69. The van der Waals surface area contributed by atoms with Crippen molar-refractivity contribution >= 4 is 62.3 Å². The summed E-state index contributed by atoms with van der Waals surface area (Å²) < 4.78 is -0.131. The predicted octanol–water partition coefficient (Wildman–Crippen LogP) is 4.54. The molecule has 2 rings (SSSR count). The Morgan fingerprint density at radius 3 is 2.65 bits per heavy atom. The lowest BCUT2D eigenvalue weighted by atomic mass is 10.2. The molecule has 0 saturated heterocycles. The molecule has 0 radical (unpaired) electrons. The van der Waals surface area contributed by atoms with Gasteiger partial charge in [-0.15, -0.1) is 23.2 Å². The second-order valence-electron chi connectivity index (χ2n) is 4.09. The topological polar surface area (TPSA) is 29.1 Å². The normalized spacial score (nSPS) is 21.1. The van der Waals surface area contributed by atoms with Gasteiger partial charge in [0, 0.05) is 9.50 Å². The highest BCUT2D eigenvalue weighted by molar-refractivity contribution is 9.10. The van der Waals surface area contributed by atoms with Crippen molar-refractivity contribution in [3.05, 3.63) is 27.2 Å². The summed E-state index contributed by atoms with van der Waals surface area (Å²) in [5.74, 6) is -0.534. The van der Waals surface area contributed by atoms with Gasteiger partial charge in [0.05, 0.1) is 11.6 Å². The first kappa shape index (κ1) is 13.5. The van der Waals surface area contributed by atoms with Gasteiger partial charge >= 0.3 is 0 Å². The minimum Gasteiger partial charge on any atom is -0.325 e. The van der Waals surface area contributed by atoms with Gasteiger partial charge in [0.25, 0.3) is 0 Å². The van der Waals surface area contributed by atoms with Crippen LogP contribution in [-0.4, -0.2) is 10.2 Å². The van der Waals surface area contributed by atoms with E-state index in [-0.39, 0.29) is 11.8 Å². The molecule has 0 heterocycles. The number of amides is 1. The number of aryl methyl sites for hydroxylation is 1. The number of alkyl halides is 2. The lowest BCUT2D eigenvalue weighted by molar-refractivity contribution is -0.117. The van der Waals surface area contributed by atoms with E-state index < -0.39 is 4.33 Å². The number of carbonyl (C=O) groups is 1. The maximum Gasteiger partial charge on any atom is 0.230 e. The number of benzene rings is 1. The first-order chi connectivity index (χ1) is 7.81. The highest BCUT2D eigenvalue weighted by atomic mass is 79.9. The molecule has 1 N–H and O–H groups in total. The van der Waals surface area contributed by atoms with Crippen LogP contribution in [0.4, 0.5) is 5.69 Å². The van der Waals surface area contributed by atoms with Crippen LogP contribution in [0.15, 0.2) is 16.6 Å². The van der Waals surface area contributed by atoms with Crippen molar-refractivity contribution in [1.29, 1.82) is 0 Å². The number of carbonyl (C=O) groups excluding carboxylic acids is 1. The molecule has 2 nitrogen and oxygen atoms in total. The molecule has 0 aromatic heterocycles. The van der Waals surface area contributed by atoms with Gasteiger partial charge in [-0.1, -0.05) is 11.6 Å². The molecule has 1 saturated carbocycles. The molecule has 1 aliphatic carbocycles. The molecule has 1 atom stereocenters. The maximum atomic E-state index is 11.8. The highest BCUT2D eigenvalue weighted by Gasteiger charge is 2.56. The number of rotatable bonds is 2. The summed E-state index contributed by atoms with van der Waals surface area (Å²) in [6, 6.07) is 3.55. The van der Waals surface area contributed by atoms with E-state index in [9.17, 15) is 4.79 Å². The molecule has 1 fully saturated rings. The fraction of sp³-hybridized carbons (Fsp3) is 0.364. The van der Waals surface area contributed by atoms with Gasteiger partial charge in [0.15, 0.2) is 0 Å². The van der Waals surface area contributed by atoms with Gasteiger partial charge in [-0.05, 0) is 47.0 Å². The van der Waals surface area contributed by atoms with E-state index in [1.165, 1.54) is 0 Å². The Bertz CT molecular complexity index is 490. The van der Waals surface area contributed by atoms with E-state index in [0.717, 1.165) is 10.0 Å². The van der Waals surface area contributed by atoms with Crippen LogP contribution in [0.25, 0.3) is 0 Å². The Morgan fingerprint density at radius 1 is 1.53 bits per heavy atom. The van der Waals surface area contributed by atoms with E-state index in [2.05, 4.69) is 21.2 Å². The van der Waals surface area contributed by atoms with Crippen molar-refractivity contribution in [2.45, 2.75) is 17.7 Å². The van der Waals surface area contributed by atoms with Gasteiger partial charge in [0.1, 0.15) is 4.33 Å². The zero-order valence-corrected chi connectivity index (χ0v) is 12.7. The van der Waals surface area contributed by atoms with Crippen LogP contribution in [0.1, 0.15) is 12.0 Å². The molecule has 0 unspecified atom stereocenters. The first-order valence-electron chi connectivity index (χ1n) is 4.95. The molecule has 0 spiro atoms. The zero-order valence-electron chi connectivity index (χ0n) is 8.86. The van der Waals surface area contributed by atoms with E-state index in [1.54, 1.807) is 6.07 Å². The van der Waals surface area contributed by atoms with Crippen LogP contribution in [0.2, 0.25) is 5.02 Å². The van der Waals surface area contributed by atoms with Crippen LogP contribution in [0.5, 0.6) is 0 Å². The number of nitrogens with one attached hydrogen (secondary N) is 1. The monoisotopic (exact) mass is 355 g/mol. The minimum atomic E-state index is -0.912. The summed E-state index contributed by atoms with van der Waals surface area (Å²) in [4.78, 5) is 11.8. The lowest BCUT2D eigenvalue weighted by Gasteiger charge is -2.09. The molecular formula is C11H9BrCl3NO. The first-order valence-corrected chi connectivity index (χ1v) is 6.88. The van der Waals surface area contributed by atoms with Crippen molar-refractivity contribution in [1.82, 2.24) is 0 Å². The zero-order chi connectivity index (χ0) is 12.8. The summed E-state index contributed by atoms with van der Waals surface area (Å²) in [6.45, 7) is 1.89. The van der Waals surface area contributed by atoms with Crippen LogP contribution in [0.3, 0.4) is 0 Å². The van der Waals surface area contributed by atoms with Crippen molar-refractivity contribution in [3.63, 3.8) is 0 Å². The SMILES string of the molecule is Cc1cc(Br)c(NC(=O)[C@@H]2CC2(Cl)Cl)cc1Cl. The Kier molecular flexibility index (Phi) is 3.66. The van der Waals surface area contributed by atoms with E-state index in [0.29, 0.717) is 17.1 Å². The summed E-state index contributed by atoms with van der Waals surface area (Å²) in [7, 11) is 0. The summed E-state index contributed by atoms with van der Waals surface area (Å²) >= 11 is 21.0. The van der Waals surface area contributed by atoms with Gasteiger partial charge < -0.3 is 5.32 Å². The Morgan fingerprint density at radius 2 is 2.12 bits per heavy atom. The smallest absolute Gasteiger partial charge is 0.230 e. The molecule has 0 aliphatic heterocycles. The Hall–Kier alpha value is 0.0400. The molecule has 6 heteroatoms. The largest absolute Gasteiger partial charge is 0.325 e. The lowest BCUT2D eigenvalue weighted by Crippen LogP contribution is -2.17. The number of anilines is 1. The van der Waals surface area contributed by atoms with Gasteiger partial charge in [-0.3, -0.25) is 4.79 Å². The second-order valence-corrected chi connectivity index (χ2v) is 6.89. The quantitative estimate of drug-likeness (QED) is 0.774. The molecule has 17 heavy (non-hydrogen) atoms. The Labute approximate surface area is 123 Å². The fourth-order valence-electron chi connectivity index (χ4n) is 1.46. The molecule has 0 bridgehead atoms. The third-order valence-corrected chi connectivity index (χ3v) is 4.55. The molecule has 1 aromatic rings. The number of hydrogen-bond acceptors (Lipinski definition) is 1. The highest BCUT2D eigenvalue weighted by Crippen LogP contribution is 2.53. The second kappa shape index (κ2) is 4.61. The van der Waals surface area contributed by atoms with Crippen LogP contribution in [-0.2, 0) is 4.79 Å². The summed E-state index contributed by atoms with van der Waals surface area (Å²) in [5.41, 5.74) is 1.56. The maximum absolute atomic E-state index is 11.8. The van der Waals surface area contributed by atoms with Crippen molar-refractivity contribution in [2.24, 2.45) is 5.92 Å². The molecule has 1 aliphatic rings. The molecule has 92 valence electrons. The van der Waals surface area contributed by atoms with Crippen LogP contribution >= 0.6 is 50.7 Å². The van der Waals surface area contributed by atoms with E-state index in [1.807, 2.05) is 13.0 Å². The van der Waals surface area contributed by atoms with E-state index in [4.69, 9.17) is 34.8 Å². The number of halogens is 4. The average Bonchev–Trinajstić information content (AvgIpc) is 2.84. The number of hydrogen-bond donors (Lipinski definition) is 1. The Balaban J connectivity index is 2.14. The summed E-state index contributed by atoms with van der Waals surface area (Å²) in [5, 5.41) is 3.36. The molecular weight excluding hydrogens is 348 g/mol. The van der Waals surface area contributed by atoms with Gasteiger partial charge in [0.2, 0.25) is 5.91 Å². The average molecular weight is 357 g/mol. The standard InChI is InChI=1S/C11H9BrCl3NO/c1-5-2-7(12)9(3-8(5)13)16-10(17)6-4-11(6,14)15/h2-3,6H,4H2,1H3,(H,16,17)/t6-/m0/s1. The summed E-state index contributed by atoms with van der Waals surface area (Å²) in [6.07, 6.45) is 0.485. The van der Waals surface area contributed by atoms with Crippen LogP contribution < -0.4 is 5.32 Å². The van der Waals surface area contributed by atoms with E-state index >= 15 is 0 Å². The third-order valence-electron chi connectivity index (χ3n) is 2.65. The van der Waals surface area contributed by atoms with Crippen molar-refractivity contribution in [2.75, 3.05) is 5.32 Å². The molecule has 1 aromatic carbocycles. The predicted molar refractivity (Wildman–Crippen MR) is 75.1 cm³/mol. The van der Waals surface area contributed by atoms with Gasteiger partial charge in [-0.25, -0.2) is 0 Å².